The number of hydrogen-bond donors (Lipinski definition) is 1. The first-order valence-corrected chi connectivity index (χ1v) is 5.64. The van der Waals surface area contributed by atoms with Crippen LogP contribution in [0.3, 0.4) is 0 Å². The number of aromatic nitrogens is 1. The lowest BCUT2D eigenvalue weighted by Crippen LogP contribution is -2.46. The summed E-state index contributed by atoms with van der Waals surface area (Å²) in [5.41, 5.74) is 2.31. The molecule has 4 heteroatoms. The Morgan fingerprint density at radius 2 is 1.94 bits per heavy atom. The minimum Gasteiger partial charge on any atom is -0.361 e. The van der Waals surface area contributed by atoms with Crippen LogP contribution in [0.1, 0.15) is 30.9 Å². The second-order valence-electron chi connectivity index (χ2n) is 5.11. The normalized spacial score (nSPS) is 12.4. The molecule has 0 aromatic carbocycles. The van der Waals surface area contributed by atoms with E-state index in [0.29, 0.717) is 0 Å². The second kappa shape index (κ2) is 4.97. The van der Waals surface area contributed by atoms with E-state index in [9.17, 15) is 0 Å². The third kappa shape index (κ3) is 3.06. The molecule has 0 saturated carbocycles. The molecule has 16 heavy (non-hydrogen) atoms. The van der Waals surface area contributed by atoms with E-state index in [1.807, 2.05) is 13.8 Å². The Morgan fingerprint density at radius 1 is 1.31 bits per heavy atom. The summed E-state index contributed by atoms with van der Waals surface area (Å²) in [7, 11) is 4.19. The van der Waals surface area contributed by atoms with Crippen LogP contribution in [0, 0.1) is 13.8 Å². The highest BCUT2D eigenvalue weighted by molar-refractivity contribution is 5.20. The molecule has 0 atom stereocenters. The lowest BCUT2D eigenvalue weighted by molar-refractivity contribution is 0.189. The van der Waals surface area contributed by atoms with Gasteiger partial charge in [0.2, 0.25) is 0 Å². The molecule has 0 amide bonds. The van der Waals surface area contributed by atoms with Gasteiger partial charge in [-0.1, -0.05) is 5.16 Å². The first-order chi connectivity index (χ1) is 7.34. The van der Waals surface area contributed by atoms with Gasteiger partial charge in [0.1, 0.15) is 5.76 Å². The van der Waals surface area contributed by atoms with Crippen molar-refractivity contribution in [3.05, 3.63) is 17.0 Å². The highest BCUT2D eigenvalue weighted by Crippen LogP contribution is 2.13. The van der Waals surface area contributed by atoms with Crippen LogP contribution < -0.4 is 5.32 Å². The fourth-order valence-electron chi connectivity index (χ4n) is 1.41. The summed E-state index contributed by atoms with van der Waals surface area (Å²) in [6.45, 7) is 10.1. The molecule has 1 heterocycles. The van der Waals surface area contributed by atoms with Crippen LogP contribution in [0.4, 0.5) is 0 Å². The molecular weight excluding hydrogens is 202 g/mol. The Labute approximate surface area is 98.0 Å². The van der Waals surface area contributed by atoms with Crippen LogP contribution in [0.15, 0.2) is 4.52 Å². The van der Waals surface area contributed by atoms with Crippen molar-refractivity contribution in [2.24, 2.45) is 0 Å². The SMILES string of the molecule is Cc1noc(C)c1CNCC(C)(C)N(C)C. The molecule has 4 nitrogen and oxygen atoms in total. The van der Waals surface area contributed by atoms with Gasteiger partial charge in [-0.2, -0.15) is 0 Å². The first kappa shape index (κ1) is 13.2. The van der Waals surface area contributed by atoms with Crippen molar-refractivity contribution in [3.8, 4) is 0 Å². The highest BCUT2D eigenvalue weighted by atomic mass is 16.5. The molecule has 0 bridgehead atoms. The lowest BCUT2D eigenvalue weighted by atomic mass is 10.0. The van der Waals surface area contributed by atoms with Crippen molar-refractivity contribution in [1.82, 2.24) is 15.4 Å². The van der Waals surface area contributed by atoms with Gasteiger partial charge in [-0.25, -0.2) is 0 Å². The van der Waals surface area contributed by atoms with E-state index in [2.05, 4.69) is 43.3 Å². The minimum atomic E-state index is 0.152. The van der Waals surface area contributed by atoms with E-state index < -0.39 is 0 Å². The Balaban J connectivity index is 2.48. The van der Waals surface area contributed by atoms with Gasteiger partial charge in [-0.3, -0.25) is 0 Å². The summed E-state index contributed by atoms with van der Waals surface area (Å²) >= 11 is 0. The van der Waals surface area contributed by atoms with Crippen LogP contribution in [-0.4, -0.2) is 36.2 Å². The smallest absolute Gasteiger partial charge is 0.138 e. The molecule has 92 valence electrons. The van der Waals surface area contributed by atoms with Crippen LogP contribution in [0.5, 0.6) is 0 Å². The van der Waals surface area contributed by atoms with Crippen molar-refractivity contribution in [1.29, 1.82) is 0 Å². The average Bonchev–Trinajstić information content (AvgIpc) is 2.48. The second-order valence-corrected chi connectivity index (χ2v) is 5.11. The summed E-state index contributed by atoms with van der Waals surface area (Å²) in [5.74, 6) is 0.910. The molecule has 1 aromatic rings. The van der Waals surface area contributed by atoms with E-state index in [4.69, 9.17) is 4.52 Å². The molecular formula is C12H23N3O. The predicted molar refractivity (Wildman–Crippen MR) is 65.4 cm³/mol. The van der Waals surface area contributed by atoms with Gasteiger partial charge in [-0.15, -0.1) is 0 Å². The fraction of sp³-hybridized carbons (Fsp3) is 0.750. The maximum Gasteiger partial charge on any atom is 0.138 e. The van der Waals surface area contributed by atoms with Crippen LogP contribution >= 0.6 is 0 Å². The molecule has 0 spiro atoms. The molecule has 1 N–H and O–H groups in total. The summed E-state index contributed by atoms with van der Waals surface area (Å²) in [4.78, 5) is 2.22. The van der Waals surface area contributed by atoms with Gasteiger partial charge in [0, 0.05) is 24.2 Å². The molecule has 0 saturated heterocycles. The Hall–Kier alpha value is -0.870. The van der Waals surface area contributed by atoms with Crippen LogP contribution in [0.25, 0.3) is 0 Å². The number of rotatable bonds is 5. The van der Waals surface area contributed by atoms with E-state index in [0.717, 1.165) is 24.5 Å². The first-order valence-electron chi connectivity index (χ1n) is 5.64. The molecule has 1 aromatic heterocycles. The quantitative estimate of drug-likeness (QED) is 0.828. The summed E-state index contributed by atoms with van der Waals surface area (Å²) in [5, 5.41) is 7.39. The van der Waals surface area contributed by atoms with Crippen molar-refractivity contribution >= 4 is 0 Å². The molecule has 1 rings (SSSR count). The zero-order chi connectivity index (χ0) is 12.3. The van der Waals surface area contributed by atoms with Crippen LogP contribution in [0.2, 0.25) is 0 Å². The van der Waals surface area contributed by atoms with Gasteiger partial charge in [-0.05, 0) is 41.8 Å². The molecule has 0 aliphatic rings. The number of likely N-dealkylation sites (N-methyl/N-ethyl adjacent to an activating group) is 1. The highest BCUT2D eigenvalue weighted by Gasteiger charge is 2.20. The van der Waals surface area contributed by atoms with Gasteiger partial charge >= 0.3 is 0 Å². The monoisotopic (exact) mass is 225 g/mol. The number of nitrogens with zero attached hydrogens (tertiary/aromatic N) is 2. The van der Waals surface area contributed by atoms with Crippen molar-refractivity contribution < 1.29 is 4.52 Å². The van der Waals surface area contributed by atoms with Gasteiger partial charge in [0.15, 0.2) is 0 Å². The van der Waals surface area contributed by atoms with E-state index in [1.54, 1.807) is 0 Å². The lowest BCUT2D eigenvalue weighted by Gasteiger charge is -2.32. The van der Waals surface area contributed by atoms with Crippen molar-refractivity contribution in [3.63, 3.8) is 0 Å². The standard InChI is InChI=1S/C12H23N3O/c1-9-11(10(2)16-14-9)7-13-8-12(3,4)15(5)6/h13H,7-8H2,1-6H3. The summed E-state index contributed by atoms with van der Waals surface area (Å²) in [6, 6.07) is 0. The number of nitrogens with one attached hydrogen (secondary N) is 1. The zero-order valence-electron chi connectivity index (χ0n) is 11.2. The van der Waals surface area contributed by atoms with E-state index in [-0.39, 0.29) is 5.54 Å². The Bertz CT molecular complexity index is 323. The average molecular weight is 225 g/mol. The Kier molecular flexibility index (Phi) is 4.10. The largest absolute Gasteiger partial charge is 0.361 e. The summed E-state index contributed by atoms with van der Waals surface area (Å²) < 4.78 is 5.12. The molecule has 0 aliphatic heterocycles. The van der Waals surface area contributed by atoms with E-state index >= 15 is 0 Å². The topological polar surface area (TPSA) is 41.3 Å². The summed E-state index contributed by atoms with van der Waals surface area (Å²) in [6.07, 6.45) is 0. The predicted octanol–water partition coefficient (Wildman–Crippen LogP) is 1.72. The van der Waals surface area contributed by atoms with Crippen molar-refractivity contribution in [2.45, 2.75) is 39.8 Å². The van der Waals surface area contributed by atoms with Gasteiger partial charge in [0.05, 0.1) is 5.69 Å². The third-order valence-electron chi connectivity index (χ3n) is 3.25. The maximum atomic E-state index is 5.12. The number of hydrogen-bond acceptors (Lipinski definition) is 4. The van der Waals surface area contributed by atoms with Crippen molar-refractivity contribution in [2.75, 3.05) is 20.6 Å². The Morgan fingerprint density at radius 3 is 2.38 bits per heavy atom. The minimum absolute atomic E-state index is 0.152. The maximum absolute atomic E-state index is 5.12. The fourth-order valence-corrected chi connectivity index (χ4v) is 1.41. The zero-order valence-corrected chi connectivity index (χ0v) is 11.2. The third-order valence-corrected chi connectivity index (χ3v) is 3.25. The molecule has 0 aliphatic carbocycles. The van der Waals surface area contributed by atoms with Gasteiger partial charge in [0.25, 0.3) is 0 Å². The van der Waals surface area contributed by atoms with Crippen LogP contribution in [-0.2, 0) is 6.54 Å². The van der Waals surface area contributed by atoms with Gasteiger partial charge < -0.3 is 14.7 Å². The molecule has 0 fully saturated rings. The number of aryl methyl sites for hydroxylation is 2. The molecule has 0 radical (unpaired) electrons. The van der Waals surface area contributed by atoms with E-state index in [1.165, 1.54) is 5.56 Å². The molecule has 0 unspecified atom stereocenters.